The molecule has 12 heteroatoms. The van der Waals surface area contributed by atoms with E-state index in [1.54, 1.807) is 30.6 Å². The van der Waals surface area contributed by atoms with Crippen LogP contribution in [0.25, 0.3) is 11.3 Å². The summed E-state index contributed by atoms with van der Waals surface area (Å²) in [5.41, 5.74) is 0.306. The Bertz CT molecular complexity index is 1620. The van der Waals surface area contributed by atoms with E-state index in [2.05, 4.69) is 25.2 Å². The number of nitrogens with zero attached hydrogens (tertiary/aromatic N) is 4. The second-order valence-electron chi connectivity index (χ2n) is 10.1. The number of rotatable bonds is 9. The van der Waals surface area contributed by atoms with E-state index in [0.29, 0.717) is 23.5 Å². The van der Waals surface area contributed by atoms with Gasteiger partial charge in [-0.05, 0) is 75.0 Å². The molecule has 0 aliphatic carbocycles. The van der Waals surface area contributed by atoms with Crippen LogP contribution in [0.4, 0.5) is 18.9 Å². The van der Waals surface area contributed by atoms with Crippen molar-refractivity contribution in [3.05, 3.63) is 89.0 Å². The molecule has 8 nitrogen and oxygen atoms in total. The van der Waals surface area contributed by atoms with Crippen molar-refractivity contribution in [1.82, 2.24) is 19.9 Å². The zero-order valence-corrected chi connectivity index (χ0v) is 24.2. The first-order valence-corrected chi connectivity index (χ1v) is 14.1. The zero-order valence-electron chi connectivity index (χ0n) is 23.5. The number of likely N-dealkylation sites (N-methyl/N-ethyl adjacent to an activating group) is 1. The number of anilines is 1. The number of hydrogen-bond donors (Lipinski definition) is 1. The number of nitrogens with one attached hydrogen (secondary N) is 1. The largest absolute Gasteiger partial charge is 0.492 e. The summed E-state index contributed by atoms with van der Waals surface area (Å²) in [6.07, 6.45) is 1.11. The number of aryl methyl sites for hydroxylation is 1. The van der Waals surface area contributed by atoms with Gasteiger partial charge in [0.1, 0.15) is 23.9 Å². The Hall–Kier alpha value is -4.22. The summed E-state index contributed by atoms with van der Waals surface area (Å²) in [4.78, 5) is 28.4. The Morgan fingerprint density at radius 1 is 1.12 bits per heavy atom. The molecule has 2 aromatic carbocycles. The van der Waals surface area contributed by atoms with E-state index in [4.69, 9.17) is 21.1 Å². The van der Waals surface area contributed by atoms with Gasteiger partial charge in [0.15, 0.2) is 0 Å². The van der Waals surface area contributed by atoms with Crippen LogP contribution in [-0.2, 0) is 12.6 Å². The minimum absolute atomic E-state index is 0.0178. The lowest BCUT2D eigenvalue weighted by Crippen LogP contribution is -2.30. The molecule has 1 N–H and O–H groups in total. The molecule has 0 unspecified atom stereocenters. The number of likely N-dealkylation sites (tertiary alicyclic amines) is 1. The third kappa shape index (κ3) is 7.41. The molecule has 1 aliphatic heterocycles. The second kappa shape index (κ2) is 13.0. The van der Waals surface area contributed by atoms with E-state index in [-0.39, 0.29) is 46.3 Å². The maximum absolute atomic E-state index is 13.7. The first kappa shape index (κ1) is 30.2. The number of pyridine rings is 1. The van der Waals surface area contributed by atoms with Crippen molar-refractivity contribution in [2.24, 2.45) is 0 Å². The number of ether oxygens (including phenoxy) is 2. The molecule has 0 radical (unpaired) electrons. The van der Waals surface area contributed by atoms with Gasteiger partial charge in [0.05, 0.1) is 21.8 Å². The molecule has 5 rings (SSSR count). The van der Waals surface area contributed by atoms with Crippen LogP contribution in [0.15, 0.2) is 67.0 Å². The Kier molecular flexibility index (Phi) is 9.12. The van der Waals surface area contributed by atoms with Crippen molar-refractivity contribution in [2.75, 3.05) is 25.5 Å². The number of carbonyl (C=O) groups is 1. The van der Waals surface area contributed by atoms with Gasteiger partial charge in [-0.1, -0.05) is 18.5 Å². The highest BCUT2D eigenvalue weighted by molar-refractivity contribution is 6.32. The quantitative estimate of drug-likeness (QED) is 0.213. The molecule has 0 bridgehead atoms. The molecule has 1 atom stereocenters. The number of amides is 1. The molecule has 1 fully saturated rings. The van der Waals surface area contributed by atoms with Crippen LogP contribution in [0, 0.1) is 0 Å². The number of benzene rings is 2. The molecular formula is C31H29ClF3N5O3. The average molecular weight is 612 g/mol. The fourth-order valence-corrected chi connectivity index (χ4v) is 4.87. The van der Waals surface area contributed by atoms with E-state index < -0.39 is 17.6 Å². The van der Waals surface area contributed by atoms with E-state index in [1.807, 2.05) is 14.0 Å². The van der Waals surface area contributed by atoms with Crippen LogP contribution in [-0.4, -0.2) is 52.0 Å². The van der Waals surface area contributed by atoms with Crippen molar-refractivity contribution in [2.45, 2.75) is 38.4 Å². The summed E-state index contributed by atoms with van der Waals surface area (Å²) >= 11 is 6.39. The van der Waals surface area contributed by atoms with Gasteiger partial charge in [-0.3, -0.25) is 4.79 Å². The van der Waals surface area contributed by atoms with Gasteiger partial charge < -0.3 is 19.7 Å². The fraction of sp³-hybridized carbons (Fsp3) is 0.290. The van der Waals surface area contributed by atoms with E-state index >= 15 is 0 Å². The Balaban J connectivity index is 1.37. The topological polar surface area (TPSA) is 89.5 Å². The highest BCUT2D eigenvalue weighted by Crippen LogP contribution is 2.36. The van der Waals surface area contributed by atoms with Gasteiger partial charge in [0, 0.05) is 42.2 Å². The second-order valence-corrected chi connectivity index (χ2v) is 10.5. The van der Waals surface area contributed by atoms with E-state index in [0.717, 1.165) is 31.5 Å². The van der Waals surface area contributed by atoms with Gasteiger partial charge in [-0.2, -0.15) is 13.2 Å². The van der Waals surface area contributed by atoms with E-state index in [1.165, 1.54) is 24.3 Å². The van der Waals surface area contributed by atoms with Crippen LogP contribution in [0.2, 0.25) is 5.02 Å². The monoisotopic (exact) mass is 611 g/mol. The highest BCUT2D eigenvalue weighted by Gasteiger charge is 2.32. The van der Waals surface area contributed by atoms with Gasteiger partial charge >= 0.3 is 6.18 Å². The Morgan fingerprint density at radius 2 is 1.95 bits per heavy atom. The lowest BCUT2D eigenvalue weighted by Gasteiger charge is -2.20. The maximum Gasteiger partial charge on any atom is 0.416 e. The zero-order chi connectivity index (χ0) is 30.6. The van der Waals surface area contributed by atoms with Crippen molar-refractivity contribution in [1.29, 1.82) is 0 Å². The summed E-state index contributed by atoms with van der Waals surface area (Å²) in [5, 5.41) is 2.75. The smallest absolute Gasteiger partial charge is 0.416 e. The minimum atomic E-state index is -4.63. The standard InChI is InChI=1S/C31H29ClF3N5O3/c1-3-28-36-12-10-26(39-28)24-7-4-11-37-30(24)43-27-14-19(8-9-25(27)32)29(41)38-21-15-20(31(33,34)35)16-23(17-21)42-18-22-6-5-13-40(22)2/h4,7-12,14-17,22H,3,5-6,13,18H2,1-2H3,(H,38,41)/t22-/m0/s1. The number of carbonyl (C=O) groups excluding carboxylic acids is 1. The first-order chi connectivity index (χ1) is 20.6. The first-order valence-electron chi connectivity index (χ1n) is 13.7. The summed E-state index contributed by atoms with van der Waals surface area (Å²) in [5.74, 6) is 0.345. The molecule has 43 heavy (non-hydrogen) atoms. The van der Waals surface area contributed by atoms with Crippen LogP contribution in [0.1, 0.15) is 41.5 Å². The number of hydrogen-bond acceptors (Lipinski definition) is 7. The molecule has 0 spiro atoms. The molecular weight excluding hydrogens is 583 g/mol. The van der Waals surface area contributed by atoms with Gasteiger partial charge in [0.25, 0.3) is 5.91 Å². The number of halogens is 4. The van der Waals surface area contributed by atoms with Gasteiger partial charge in [-0.25, -0.2) is 15.0 Å². The van der Waals surface area contributed by atoms with Crippen molar-refractivity contribution >= 4 is 23.2 Å². The predicted octanol–water partition coefficient (Wildman–Crippen LogP) is 7.29. The normalized spacial score (nSPS) is 15.3. The fourth-order valence-electron chi connectivity index (χ4n) is 4.72. The third-order valence-electron chi connectivity index (χ3n) is 7.07. The van der Waals surface area contributed by atoms with Crippen LogP contribution < -0.4 is 14.8 Å². The summed E-state index contributed by atoms with van der Waals surface area (Å²) in [6.45, 7) is 3.10. The molecule has 1 aliphatic rings. The summed E-state index contributed by atoms with van der Waals surface area (Å²) in [6, 6.07) is 12.9. The van der Waals surface area contributed by atoms with Gasteiger partial charge in [-0.15, -0.1) is 0 Å². The number of alkyl halides is 3. The van der Waals surface area contributed by atoms with Crippen molar-refractivity contribution in [3.8, 4) is 28.6 Å². The lowest BCUT2D eigenvalue weighted by atomic mass is 10.1. The Labute approximate surface area is 251 Å². The molecule has 1 amide bonds. The maximum atomic E-state index is 13.7. The number of aromatic nitrogens is 3. The third-order valence-corrected chi connectivity index (χ3v) is 7.39. The molecule has 224 valence electrons. The van der Waals surface area contributed by atoms with Crippen LogP contribution in [0.3, 0.4) is 0 Å². The minimum Gasteiger partial charge on any atom is -0.492 e. The molecule has 3 heterocycles. The molecule has 0 saturated carbocycles. The summed E-state index contributed by atoms with van der Waals surface area (Å²) in [7, 11) is 1.95. The van der Waals surface area contributed by atoms with Crippen LogP contribution >= 0.6 is 11.6 Å². The molecule has 2 aromatic heterocycles. The van der Waals surface area contributed by atoms with Crippen molar-refractivity contribution < 1.29 is 27.4 Å². The van der Waals surface area contributed by atoms with Crippen LogP contribution in [0.5, 0.6) is 17.4 Å². The van der Waals surface area contributed by atoms with Gasteiger partial charge in [0.2, 0.25) is 5.88 Å². The summed E-state index contributed by atoms with van der Waals surface area (Å²) < 4.78 is 52.8. The predicted molar refractivity (Wildman–Crippen MR) is 157 cm³/mol. The lowest BCUT2D eigenvalue weighted by molar-refractivity contribution is -0.137. The molecule has 1 saturated heterocycles. The Morgan fingerprint density at radius 3 is 2.70 bits per heavy atom. The average Bonchev–Trinajstić information content (AvgIpc) is 3.41. The SMILES string of the molecule is CCc1nccc(-c2cccnc2Oc2cc(C(=O)Nc3cc(OC[C@@H]4CCCN4C)cc(C(F)(F)F)c3)ccc2Cl)n1. The molecule has 4 aromatic rings. The highest BCUT2D eigenvalue weighted by atomic mass is 35.5. The van der Waals surface area contributed by atoms with Crippen molar-refractivity contribution in [3.63, 3.8) is 0 Å². The van der Waals surface area contributed by atoms with E-state index in [9.17, 15) is 18.0 Å².